The molecule has 0 bridgehead atoms. The molecule has 8 heteroatoms. The van der Waals surface area contributed by atoms with E-state index in [1.807, 2.05) is 77.9 Å². The molecular formula is C33H43N3O4S. The van der Waals surface area contributed by atoms with E-state index in [0.29, 0.717) is 25.1 Å². The molecular weight excluding hydrogens is 534 g/mol. The zero-order chi connectivity index (χ0) is 30.2. The SMILES string of the molecule is CCc1ccccc1N(CC(=O)N(Cc1ccccc1C)[C@H](CC)C(=O)NCC(C)C)S(=O)(=O)c1ccc(C)cc1. The number of carbonyl (C=O) groups excluding carboxylic acids is 2. The first kappa shape index (κ1) is 31.9. The summed E-state index contributed by atoms with van der Waals surface area (Å²) in [4.78, 5) is 29.3. The second kappa shape index (κ2) is 14.3. The molecule has 0 heterocycles. The fourth-order valence-electron chi connectivity index (χ4n) is 4.72. The molecule has 7 nitrogen and oxygen atoms in total. The third-order valence-electron chi connectivity index (χ3n) is 7.20. The topological polar surface area (TPSA) is 86.8 Å². The van der Waals surface area contributed by atoms with Crippen molar-refractivity contribution < 1.29 is 18.0 Å². The highest BCUT2D eigenvalue weighted by Gasteiger charge is 2.34. The van der Waals surface area contributed by atoms with Crippen LogP contribution < -0.4 is 9.62 Å². The molecule has 220 valence electrons. The lowest BCUT2D eigenvalue weighted by atomic mass is 10.1. The number of hydrogen-bond donors (Lipinski definition) is 1. The van der Waals surface area contributed by atoms with E-state index in [1.54, 1.807) is 36.4 Å². The van der Waals surface area contributed by atoms with E-state index in [2.05, 4.69) is 5.32 Å². The van der Waals surface area contributed by atoms with Gasteiger partial charge in [0.25, 0.3) is 10.0 Å². The Labute approximate surface area is 245 Å². The summed E-state index contributed by atoms with van der Waals surface area (Å²) in [7, 11) is -4.10. The van der Waals surface area contributed by atoms with Crippen LogP contribution in [0, 0.1) is 19.8 Å². The number of amides is 2. The van der Waals surface area contributed by atoms with Crippen molar-refractivity contribution in [3.05, 3.63) is 95.1 Å². The van der Waals surface area contributed by atoms with Crippen LogP contribution >= 0.6 is 0 Å². The summed E-state index contributed by atoms with van der Waals surface area (Å²) in [6.45, 7) is 11.9. The quantitative estimate of drug-likeness (QED) is 0.285. The van der Waals surface area contributed by atoms with Gasteiger partial charge in [0.1, 0.15) is 12.6 Å². The molecule has 0 radical (unpaired) electrons. The lowest BCUT2D eigenvalue weighted by molar-refractivity contribution is -0.140. The molecule has 0 aliphatic rings. The van der Waals surface area contributed by atoms with Gasteiger partial charge in [-0.1, -0.05) is 87.9 Å². The third-order valence-corrected chi connectivity index (χ3v) is 8.98. The molecule has 2 amide bonds. The van der Waals surface area contributed by atoms with Crippen LogP contribution in [0.4, 0.5) is 5.69 Å². The van der Waals surface area contributed by atoms with Crippen LogP contribution in [0.2, 0.25) is 0 Å². The normalized spacial score (nSPS) is 12.2. The maximum Gasteiger partial charge on any atom is 0.264 e. The molecule has 0 fully saturated rings. The minimum absolute atomic E-state index is 0.106. The molecule has 0 saturated carbocycles. The highest BCUT2D eigenvalue weighted by Crippen LogP contribution is 2.28. The first-order valence-electron chi connectivity index (χ1n) is 14.3. The van der Waals surface area contributed by atoms with Crippen molar-refractivity contribution in [2.24, 2.45) is 5.92 Å². The molecule has 3 rings (SSSR count). The Morgan fingerprint density at radius 3 is 2.05 bits per heavy atom. The first-order chi connectivity index (χ1) is 19.5. The maximum absolute atomic E-state index is 14.3. The smallest absolute Gasteiger partial charge is 0.264 e. The van der Waals surface area contributed by atoms with Crippen molar-refractivity contribution in [2.45, 2.75) is 71.9 Å². The Hall–Kier alpha value is -3.65. The summed E-state index contributed by atoms with van der Waals surface area (Å²) in [5.41, 5.74) is 4.09. The van der Waals surface area contributed by atoms with Crippen molar-refractivity contribution in [3.8, 4) is 0 Å². The second-order valence-electron chi connectivity index (χ2n) is 10.8. The number of carbonyl (C=O) groups is 2. The Morgan fingerprint density at radius 2 is 1.46 bits per heavy atom. The molecule has 0 spiro atoms. The van der Waals surface area contributed by atoms with Crippen LogP contribution in [0.1, 0.15) is 56.4 Å². The molecule has 3 aromatic carbocycles. The van der Waals surface area contributed by atoms with Gasteiger partial charge >= 0.3 is 0 Å². The van der Waals surface area contributed by atoms with Gasteiger partial charge in [0.05, 0.1) is 10.6 Å². The summed E-state index contributed by atoms with van der Waals surface area (Å²) >= 11 is 0. The molecule has 1 atom stereocenters. The molecule has 0 aromatic heterocycles. The van der Waals surface area contributed by atoms with E-state index in [1.165, 1.54) is 9.21 Å². The largest absolute Gasteiger partial charge is 0.354 e. The monoisotopic (exact) mass is 577 g/mol. The van der Waals surface area contributed by atoms with Crippen LogP contribution in [0.25, 0.3) is 0 Å². The molecule has 0 unspecified atom stereocenters. The average Bonchev–Trinajstić information content (AvgIpc) is 2.95. The van der Waals surface area contributed by atoms with Crippen LogP contribution in [0.3, 0.4) is 0 Å². The molecule has 0 saturated heterocycles. The fourth-order valence-corrected chi connectivity index (χ4v) is 6.17. The number of benzene rings is 3. The van der Waals surface area contributed by atoms with Gasteiger partial charge in [0, 0.05) is 13.1 Å². The number of anilines is 1. The van der Waals surface area contributed by atoms with Crippen molar-refractivity contribution >= 4 is 27.5 Å². The number of nitrogens with zero attached hydrogens (tertiary/aromatic N) is 2. The average molecular weight is 578 g/mol. The molecule has 3 aromatic rings. The van der Waals surface area contributed by atoms with Crippen LogP contribution in [0.5, 0.6) is 0 Å². The van der Waals surface area contributed by atoms with Crippen molar-refractivity contribution in [1.82, 2.24) is 10.2 Å². The van der Waals surface area contributed by atoms with Crippen LogP contribution in [-0.2, 0) is 32.6 Å². The van der Waals surface area contributed by atoms with Gasteiger partial charge in [0.15, 0.2) is 0 Å². The predicted octanol–water partition coefficient (Wildman–Crippen LogP) is 5.64. The molecule has 0 aliphatic heterocycles. The van der Waals surface area contributed by atoms with E-state index in [9.17, 15) is 18.0 Å². The van der Waals surface area contributed by atoms with Crippen LogP contribution in [0.15, 0.2) is 77.7 Å². The van der Waals surface area contributed by atoms with Crippen molar-refractivity contribution in [2.75, 3.05) is 17.4 Å². The minimum Gasteiger partial charge on any atom is -0.354 e. The zero-order valence-electron chi connectivity index (χ0n) is 25.1. The number of rotatable bonds is 13. The van der Waals surface area contributed by atoms with E-state index in [4.69, 9.17) is 0 Å². The molecule has 0 aliphatic carbocycles. The Balaban J connectivity index is 2.09. The fraction of sp³-hybridized carbons (Fsp3) is 0.394. The zero-order valence-corrected chi connectivity index (χ0v) is 25.9. The number of nitrogens with one attached hydrogen (secondary N) is 1. The van der Waals surface area contributed by atoms with Gasteiger partial charge in [-0.2, -0.15) is 0 Å². The lowest BCUT2D eigenvalue weighted by Gasteiger charge is -2.34. The van der Waals surface area contributed by atoms with Gasteiger partial charge in [0.2, 0.25) is 11.8 Å². The summed E-state index contributed by atoms with van der Waals surface area (Å²) in [5, 5.41) is 2.97. The summed E-state index contributed by atoms with van der Waals surface area (Å²) < 4.78 is 29.4. The molecule has 41 heavy (non-hydrogen) atoms. The third kappa shape index (κ3) is 7.97. The van der Waals surface area contributed by atoms with E-state index in [0.717, 1.165) is 22.3 Å². The van der Waals surface area contributed by atoms with E-state index in [-0.39, 0.29) is 23.3 Å². The van der Waals surface area contributed by atoms with E-state index < -0.39 is 28.5 Å². The number of sulfonamides is 1. The maximum atomic E-state index is 14.3. The summed E-state index contributed by atoms with van der Waals surface area (Å²) in [5.74, 6) is -0.441. The van der Waals surface area contributed by atoms with E-state index >= 15 is 0 Å². The van der Waals surface area contributed by atoms with Crippen LogP contribution in [-0.4, -0.2) is 44.3 Å². The Bertz CT molecular complexity index is 1430. The van der Waals surface area contributed by atoms with Crippen molar-refractivity contribution in [3.63, 3.8) is 0 Å². The number of hydrogen-bond acceptors (Lipinski definition) is 4. The van der Waals surface area contributed by atoms with Crippen molar-refractivity contribution in [1.29, 1.82) is 0 Å². The Kier molecular flexibility index (Phi) is 11.1. The number of aryl methyl sites for hydroxylation is 3. The second-order valence-corrected chi connectivity index (χ2v) is 12.7. The predicted molar refractivity (Wildman–Crippen MR) is 165 cm³/mol. The minimum atomic E-state index is -4.10. The highest BCUT2D eigenvalue weighted by atomic mass is 32.2. The first-order valence-corrected chi connectivity index (χ1v) is 15.7. The van der Waals surface area contributed by atoms with Gasteiger partial charge in [-0.25, -0.2) is 8.42 Å². The highest BCUT2D eigenvalue weighted by molar-refractivity contribution is 7.92. The Morgan fingerprint density at radius 1 is 0.854 bits per heavy atom. The lowest BCUT2D eigenvalue weighted by Crippen LogP contribution is -2.52. The van der Waals surface area contributed by atoms with Gasteiger partial charge < -0.3 is 10.2 Å². The van der Waals surface area contributed by atoms with Gasteiger partial charge in [-0.15, -0.1) is 0 Å². The molecule has 1 N–H and O–H groups in total. The number of para-hydroxylation sites is 1. The standard InChI is InChI=1S/C33H43N3O4S/c1-7-27-14-11-12-16-31(27)36(41(39,40)29-19-17-25(5)18-20-29)23-32(37)35(22-28-15-10-9-13-26(28)6)30(8-2)33(38)34-21-24(3)4/h9-20,24,30H,7-8,21-23H2,1-6H3,(H,34,38)/t30-/m1/s1. The summed E-state index contributed by atoms with van der Waals surface area (Å²) in [6.07, 6.45) is 0.976. The van der Waals surface area contributed by atoms with Gasteiger partial charge in [-0.05, 0) is 67.5 Å². The van der Waals surface area contributed by atoms with Gasteiger partial charge in [-0.3, -0.25) is 13.9 Å². The summed E-state index contributed by atoms with van der Waals surface area (Å²) in [6, 6.07) is 20.8.